The SMILES string of the molecule is CCCN(CC(=O)OCC)C(=O)c1ccc(N(C)C)nc1. The highest BCUT2D eigenvalue weighted by Gasteiger charge is 2.19. The molecular formula is C15H23N3O3. The average molecular weight is 293 g/mol. The third kappa shape index (κ3) is 5.06. The number of carbonyl (C=O) groups excluding carboxylic acids is 2. The van der Waals surface area contributed by atoms with Crippen molar-refractivity contribution < 1.29 is 14.3 Å². The number of rotatable bonds is 7. The molecule has 0 aromatic carbocycles. The van der Waals surface area contributed by atoms with Gasteiger partial charge >= 0.3 is 5.97 Å². The van der Waals surface area contributed by atoms with E-state index in [9.17, 15) is 9.59 Å². The van der Waals surface area contributed by atoms with Crippen molar-refractivity contribution in [2.75, 3.05) is 38.7 Å². The summed E-state index contributed by atoms with van der Waals surface area (Å²) in [6.45, 7) is 4.49. The molecule has 6 nitrogen and oxygen atoms in total. The van der Waals surface area contributed by atoms with Gasteiger partial charge in [-0.3, -0.25) is 9.59 Å². The van der Waals surface area contributed by atoms with Crippen LogP contribution in [0.4, 0.5) is 5.82 Å². The molecule has 0 aliphatic carbocycles. The zero-order chi connectivity index (χ0) is 15.8. The first-order chi connectivity index (χ1) is 9.99. The zero-order valence-electron chi connectivity index (χ0n) is 13.1. The Labute approximate surface area is 125 Å². The van der Waals surface area contributed by atoms with Crippen LogP contribution in [0.3, 0.4) is 0 Å². The Morgan fingerprint density at radius 2 is 1.95 bits per heavy atom. The molecule has 1 rings (SSSR count). The number of aromatic nitrogens is 1. The number of pyridine rings is 1. The predicted molar refractivity (Wildman–Crippen MR) is 81.4 cm³/mol. The zero-order valence-corrected chi connectivity index (χ0v) is 13.1. The lowest BCUT2D eigenvalue weighted by molar-refractivity contribution is -0.143. The van der Waals surface area contributed by atoms with Gasteiger partial charge in [-0.05, 0) is 25.5 Å². The van der Waals surface area contributed by atoms with Gasteiger partial charge in [0, 0.05) is 26.8 Å². The summed E-state index contributed by atoms with van der Waals surface area (Å²) in [4.78, 5) is 31.6. The number of anilines is 1. The highest BCUT2D eigenvalue weighted by Crippen LogP contribution is 2.10. The summed E-state index contributed by atoms with van der Waals surface area (Å²) < 4.78 is 4.90. The number of amides is 1. The van der Waals surface area contributed by atoms with Gasteiger partial charge in [0.05, 0.1) is 12.2 Å². The maximum atomic E-state index is 12.4. The van der Waals surface area contributed by atoms with E-state index in [-0.39, 0.29) is 12.5 Å². The first-order valence-corrected chi connectivity index (χ1v) is 7.07. The normalized spacial score (nSPS) is 10.1. The summed E-state index contributed by atoms with van der Waals surface area (Å²) in [5.74, 6) is 0.180. The van der Waals surface area contributed by atoms with Gasteiger partial charge in [0.15, 0.2) is 0 Å². The number of nitrogens with zero attached hydrogens (tertiary/aromatic N) is 3. The number of hydrogen-bond acceptors (Lipinski definition) is 5. The number of carbonyl (C=O) groups is 2. The molecule has 0 aliphatic heterocycles. The summed E-state index contributed by atoms with van der Waals surface area (Å²) in [5.41, 5.74) is 0.471. The van der Waals surface area contributed by atoms with E-state index in [1.54, 1.807) is 19.1 Å². The van der Waals surface area contributed by atoms with Crippen LogP contribution in [0.15, 0.2) is 18.3 Å². The fourth-order valence-corrected chi connectivity index (χ4v) is 1.84. The van der Waals surface area contributed by atoms with E-state index in [0.717, 1.165) is 12.2 Å². The highest BCUT2D eigenvalue weighted by atomic mass is 16.5. The fraction of sp³-hybridized carbons (Fsp3) is 0.533. The fourth-order valence-electron chi connectivity index (χ4n) is 1.84. The molecule has 0 spiro atoms. The van der Waals surface area contributed by atoms with Gasteiger partial charge in [0.2, 0.25) is 0 Å². The monoisotopic (exact) mass is 293 g/mol. The van der Waals surface area contributed by atoms with Crippen LogP contribution in [0.2, 0.25) is 0 Å². The van der Waals surface area contributed by atoms with E-state index in [4.69, 9.17) is 4.74 Å². The van der Waals surface area contributed by atoms with Crippen LogP contribution >= 0.6 is 0 Å². The summed E-state index contributed by atoms with van der Waals surface area (Å²) in [6, 6.07) is 3.50. The minimum absolute atomic E-state index is 0.0318. The Kier molecular flexibility index (Phi) is 6.65. The van der Waals surface area contributed by atoms with E-state index in [2.05, 4.69) is 4.98 Å². The number of hydrogen-bond donors (Lipinski definition) is 0. The van der Waals surface area contributed by atoms with Crippen LogP contribution in [-0.4, -0.2) is 55.6 Å². The molecule has 116 valence electrons. The molecule has 1 aromatic rings. The average Bonchev–Trinajstić information content (AvgIpc) is 2.46. The summed E-state index contributed by atoms with van der Waals surface area (Å²) in [5, 5.41) is 0. The Hall–Kier alpha value is -2.11. The van der Waals surface area contributed by atoms with Crippen molar-refractivity contribution in [1.29, 1.82) is 0 Å². The van der Waals surface area contributed by atoms with E-state index in [1.165, 1.54) is 11.1 Å². The number of ether oxygens (including phenoxy) is 1. The van der Waals surface area contributed by atoms with Crippen molar-refractivity contribution >= 4 is 17.7 Å². The molecule has 0 unspecified atom stereocenters. The molecule has 6 heteroatoms. The minimum Gasteiger partial charge on any atom is -0.465 e. The second kappa shape index (κ2) is 8.24. The molecule has 1 aromatic heterocycles. The van der Waals surface area contributed by atoms with Crippen LogP contribution in [0.1, 0.15) is 30.6 Å². The van der Waals surface area contributed by atoms with Crippen LogP contribution in [0, 0.1) is 0 Å². The van der Waals surface area contributed by atoms with Crippen molar-refractivity contribution in [2.24, 2.45) is 0 Å². The molecule has 1 heterocycles. The van der Waals surface area contributed by atoms with Crippen molar-refractivity contribution in [3.63, 3.8) is 0 Å². The second-order valence-corrected chi connectivity index (χ2v) is 4.83. The van der Waals surface area contributed by atoms with E-state index in [1.807, 2.05) is 25.9 Å². The Morgan fingerprint density at radius 1 is 1.24 bits per heavy atom. The molecule has 0 aliphatic rings. The van der Waals surface area contributed by atoms with Crippen LogP contribution in [0.5, 0.6) is 0 Å². The maximum absolute atomic E-state index is 12.4. The van der Waals surface area contributed by atoms with Gasteiger partial charge in [-0.2, -0.15) is 0 Å². The quantitative estimate of drug-likeness (QED) is 0.714. The Balaban J connectivity index is 2.82. The molecule has 0 atom stereocenters. The lowest BCUT2D eigenvalue weighted by Crippen LogP contribution is -2.37. The largest absolute Gasteiger partial charge is 0.465 e. The molecule has 0 saturated heterocycles. The third-order valence-corrected chi connectivity index (χ3v) is 2.86. The van der Waals surface area contributed by atoms with Crippen LogP contribution < -0.4 is 4.90 Å². The van der Waals surface area contributed by atoms with Crippen molar-refractivity contribution in [3.8, 4) is 0 Å². The van der Waals surface area contributed by atoms with Gasteiger partial charge in [-0.1, -0.05) is 6.92 Å². The standard InChI is InChI=1S/C15H23N3O3/c1-5-9-18(11-14(19)21-6-2)15(20)12-7-8-13(16-10-12)17(3)4/h7-8,10H,5-6,9,11H2,1-4H3. The first kappa shape index (κ1) is 16.9. The van der Waals surface area contributed by atoms with Crippen LogP contribution in [-0.2, 0) is 9.53 Å². The predicted octanol–water partition coefficient (Wildman–Crippen LogP) is 1.56. The van der Waals surface area contributed by atoms with Crippen molar-refractivity contribution in [3.05, 3.63) is 23.9 Å². The minimum atomic E-state index is -0.392. The van der Waals surface area contributed by atoms with Gasteiger partial charge in [0.25, 0.3) is 5.91 Å². The molecule has 1 amide bonds. The summed E-state index contributed by atoms with van der Waals surface area (Å²) in [7, 11) is 3.77. The van der Waals surface area contributed by atoms with Crippen molar-refractivity contribution in [2.45, 2.75) is 20.3 Å². The molecule has 0 bridgehead atoms. The lowest BCUT2D eigenvalue weighted by atomic mass is 10.2. The van der Waals surface area contributed by atoms with E-state index >= 15 is 0 Å². The maximum Gasteiger partial charge on any atom is 0.325 e. The Bertz CT molecular complexity index is 472. The summed E-state index contributed by atoms with van der Waals surface area (Å²) >= 11 is 0. The van der Waals surface area contributed by atoms with E-state index < -0.39 is 5.97 Å². The molecule has 0 radical (unpaired) electrons. The summed E-state index contributed by atoms with van der Waals surface area (Å²) in [6.07, 6.45) is 2.31. The molecule has 21 heavy (non-hydrogen) atoms. The molecular weight excluding hydrogens is 270 g/mol. The van der Waals surface area contributed by atoms with Gasteiger partial charge in [0.1, 0.15) is 12.4 Å². The number of esters is 1. The second-order valence-electron chi connectivity index (χ2n) is 4.83. The Morgan fingerprint density at radius 3 is 2.43 bits per heavy atom. The van der Waals surface area contributed by atoms with Gasteiger partial charge < -0.3 is 14.5 Å². The molecule has 0 N–H and O–H groups in total. The smallest absolute Gasteiger partial charge is 0.325 e. The topological polar surface area (TPSA) is 62.7 Å². The van der Waals surface area contributed by atoms with Crippen LogP contribution in [0.25, 0.3) is 0 Å². The third-order valence-electron chi connectivity index (χ3n) is 2.86. The molecule has 0 fully saturated rings. The van der Waals surface area contributed by atoms with Gasteiger partial charge in [-0.15, -0.1) is 0 Å². The van der Waals surface area contributed by atoms with E-state index in [0.29, 0.717) is 18.7 Å². The lowest BCUT2D eigenvalue weighted by Gasteiger charge is -2.21. The van der Waals surface area contributed by atoms with Crippen molar-refractivity contribution in [1.82, 2.24) is 9.88 Å². The first-order valence-electron chi connectivity index (χ1n) is 7.07. The van der Waals surface area contributed by atoms with Gasteiger partial charge in [-0.25, -0.2) is 4.98 Å². The molecule has 0 saturated carbocycles. The highest BCUT2D eigenvalue weighted by molar-refractivity contribution is 5.95.